The van der Waals surface area contributed by atoms with Crippen molar-refractivity contribution in [1.29, 1.82) is 0 Å². The van der Waals surface area contributed by atoms with Gasteiger partial charge < -0.3 is 5.32 Å². The summed E-state index contributed by atoms with van der Waals surface area (Å²) in [6.45, 7) is 0.441. The molecule has 1 aromatic heterocycles. The van der Waals surface area contributed by atoms with Gasteiger partial charge in [0.1, 0.15) is 5.82 Å². The van der Waals surface area contributed by atoms with Gasteiger partial charge in [0.25, 0.3) is 0 Å². The summed E-state index contributed by atoms with van der Waals surface area (Å²) in [7, 11) is 0. The van der Waals surface area contributed by atoms with Gasteiger partial charge in [-0.15, -0.1) is 0 Å². The van der Waals surface area contributed by atoms with Crippen LogP contribution in [0, 0.1) is 5.82 Å². The van der Waals surface area contributed by atoms with Crippen molar-refractivity contribution in [2.45, 2.75) is 6.54 Å². The second-order valence-corrected chi connectivity index (χ2v) is 4.25. The Kier molecular flexibility index (Phi) is 3.51. The summed E-state index contributed by atoms with van der Waals surface area (Å²) in [5.41, 5.74) is 1.50. The van der Waals surface area contributed by atoms with Crippen LogP contribution in [-0.2, 0) is 6.54 Å². The predicted octanol–water partition coefficient (Wildman–Crippen LogP) is 3.60. The highest BCUT2D eigenvalue weighted by molar-refractivity contribution is 9.10. The number of halogens is 2. The van der Waals surface area contributed by atoms with Gasteiger partial charge in [-0.25, -0.2) is 4.39 Å². The van der Waals surface area contributed by atoms with Gasteiger partial charge in [-0.3, -0.25) is 4.98 Å². The summed E-state index contributed by atoms with van der Waals surface area (Å²) >= 11 is 3.32. The molecule has 0 atom stereocenters. The number of nitrogens with zero attached hydrogens (tertiary/aromatic N) is 1. The summed E-state index contributed by atoms with van der Waals surface area (Å²) in [5, 5.41) is 3.11. The minimum absolute atomic E-state index is 0.209. The maximum atomic E-state index is 13.4. The lowest BCUT2D eigenvalue weighted by Crippen LogP contribution is -2.01. The molecule has 2 nitrogen and oxygen atoms in total. The Hall–Kier alpha value is -1.42. The number of benzene rings is 1. The Labute approximate surface area is 102 Å². The zero-order valence-corrected chi connectivity index (χ0v) is 10.0. The number of rotatable bonds is 3. The fraction of sp³-hybridized carbons (Fsp3) is 0.0833. The van der Waals surface area contributed by atoms with E-state index in [0.717, 1.165) is 10.2 Å². The van der Waals surface area contributed by atoms with E-state index in [1.54, 1.807) is 24.5 Å². The van der Waals surface area contributed by atoms with E-state index in [1.807, 2.05) is 12.1 Å². The molecule has 0 aliphatic rings. The minimum Gasteiger partial charge on any atom is -0.380 e. The summed E-state index contributed by atoms with van der Waals surface area (Å²) in [4.78, 5) is 3.97. The number of hydrogen-bond acceptors (Lipinski definition) is 2. The quantitative estimate of drug-likeness (QED) is 0.929. The molecule has 1 heterocycles. The number of pyridine rings is 1. The van der Waals surface area contributed by atoms with Gasteiger partial charge in [-0.2, -0.15) is 0 Å². The van der Waals surface area contributed by atoms with Crippen LogP contribution >= 0.6 is 15.9 Å². The van der Waals surface area contributed by atoms with Crippen LogP contribution in [0.3, 0.4) is 0 Å². The normalized spacial score (nSPS) is 10.1. The third-order valence-corrected chi connectivity index (χ3v) is 2.65. The molecule has 82 valence electrons. The first-order chi connectivity index (χ1) is 7.75. The van der Waals surface area contributed by atoms with Crippen LogP contribution in [0.25, 0.3) is 0 Å². The van der Waals surface area contributed by atoms with Crippen LogP contribution in [0.1, 0.15) is 5.56 Å². The monoisotopic (exact) mass is 280 g/mol. The lowest BCUT2D eigenvalue weighted by Gasteiger charge is -2.07. The Morgan fingerprint density at radius 3 is 2.94 bits per heavy atom. The third kappa shape index (κ3) is 2.79. The van der Waals surface area contributed by atoms with Crippen LogP contribution in [0.2, 0.25) is 0 Å². The summed E-state index contributed by atoms with van der Waals surface area (Å²) in [6.07, 6.45) is 3.40. The number of nitrogens with one attached hydrogen (secondary N) is 1. The lowest BCUT2D eigenvalue weighted by molar-refractivity contribution is 0.612. The van der Waals surface area contributed by atoms with Gasteiger partial charge in [-0.1, -0.05) is 15.9 Å². The Morgan fingerprint density at radius 2 is 2.19 bits per heavy atom. The van der Waals surface area contributed by atoms with Crippen LogP contribution in [0.15, 0.2) is 47.2 Å². The maximum Gasteiger partial charge on any atom is 0.128 e. The molecule has 0 unspecified atom stereocenters. The van der Waals surface area contributed by atoms with E-state index in [1.165, 1.54) is 6.07 Å². The van der Waals surface area contributed by atoms with E-state index in [4.69, 9.17) is 0 Å². The van der Waals surface area contributed by atoms with Crippen LogP contribution in [-0.4, -0.2) is 4.98 Å². The van der Waals surface area contributed by atoms with E-state index in [-0.39, 0.29) is 5.82 Å². The van der Waals surface area contributed by atoms with Gasteiger partial charge >= 0.3 is 0 Å². The fourth-order valence-electron chi connectivity index (χ4n) is 1.34. The molecule has 4 heteroatoms. The van der Waals surface area contributed by atoms with Crippen molar-refractivity contribution >= 4 is 21.6 Å². The standard InChI is InChI=1S/C12H10BrFN2/c13-10-3-4-12(14)9(6-10)7-16-11-2-1-5-15-8-11/h1-6,8,16H,7H2. The van der Waals surface area contributed by atoms with Crippen molar-refractivity contribution < 1.29 is 4.39 Å². The molecular weight excluding hydrogens is 271 g/mol. The SMILES string of the molecule is Fc1ccc(Br)cc1CNc1cccnc1. The van der Waals surface area contributed by atoms with Crippen molar-refractivity contribution in [3.8, 4) is 0 Å². The van der Waals surface area contributed by atoms with E-state index >= 15 is 0 Å². The highest BCUT2D eigenvalue weighted by Crippen LogP contribution is 2.16. The minimum atomic E-state index is -0.209. The molecule has 0 amide bonds. The average molecular weight is 281 g/mol. The van der Waals surface area contributed by atoms with Crippen molar-refractivity contribution in [3.63, 3.8) is 0 Å². The molecule has 1 N–H and O–H groups in total. The Bertz CT molecular complexity index is 474. The maximum absolute atomic E-state index is 13.4. The first-order valence-electron chi connectivity index (χ1n) is 4.83. The first kappa shape index (κ1) is 11.1. The summed E-state index contributed by atoms with van der Waals surface area (Å²) in [5.74, 6) is -0.209. The zero-order valence-electron chi connectivity index (χ0n) is 8.45. The largest absolute Gasteiger partial charge is 0.380 e. The van der Waals surface area contributed by atoms with E-state index in [0.29, 0.717) is 12.1 Å². The molecule has 0 saturated carbocycles. The van der Waals surface area contributed by atoms with Gasteiger partial charge in [-0.05, 0) is 30.3 Å². The predicted molar refractivity (Wildman–Crippen MR) is 65.7 cm³/mol. The van der Waals surface area contributed by atoms with Crippen LogP contribution in [0.5, 0.6) is 0 Å². The van der Waals surface area contributed by atoms with Crippen molar-refractivity contribution in [1.82, 2.24) is 4.98 Å². The molecule has 0 saturated heterocycles. The molecule has 2 rings (SSSR count). The van der Waals surface area contributed by atoms with Crippen molar-refractivity contribution in [2.24, 2.45) is 0 Å². The lowest BCUT2D eigenvalue weighted by atomic mass is 10.2. The van der Waals surface area contributed by atoms with E-state index < -0.39 is 0 Å². The number of anilines is 1. The molecular formula is C12H10BrFN2. The topological polar surface area (TPSA) is 24.9 Å². The van der Waals surface area contributed by atoms with E-state index in [2.05, 4.69) is 26.2 Å². The smallest absolute Gasteiger partial charge is 0.128 e. The van der Waals surface area contributed by atoms with Gasteiger partial charge in [0.15, 0.2) is 0 Å². The molecule has 0 radical (unpaired) electrons. The molecule has 0 aliphatic heterocycles. The van der Waals surface area contributed by atoms with Gasteiger partial charge in [0, 0.05) is 29.0 Å². The first-order valence-corrected chi connectivity index (χ1v) is 5.63. The zero-order chi connectivity index (χ0) is 11.4. The molecule has 2 aromatic rings. The van der Waals surface area contributed by atoms with Crippen LogP contribution in [0.4, 0.5) is 10.1 Å². The third-order valence-electron chi connectivity index (χ3n) is 2.15. The molecule has 0 aliphatic carbocycles. The molecule has 0 fully saturated rings. The van der Waals surface area contributed by atoms with Gasteiger partial charge in [0.2, 0.25) is 0 Å². The van der Waals surface area contributed by atoms with Crippen molar-refractivity contribution in [3.05, 3.63) is 58.6 Å². The molecule has 0 spiro atoms. The molecule has 16 heavy (non-hydrogen) atoms. The number of aromatic nitrogens is 1. The van der Waals surface area contributed by atoms with Crippen molar-refractivity contribution in [2.75, 3.05) is 5.32 Å². The number of hydrogen-bond donors (Lipinski definition) is 1. The Morgan fingerprint density at radius 1 is 1.31 bits per heavy atom. The summed E-state index contributed by atoms with van der Waals surface area (Å²) in [6, 6.07) is 8.62. The summed E-state index contributed by atoms with van der Waals surface area (Å²) < 4.78 is 14.3. The van der Waals surface area contributed by atoms with E-state index in [9.17, 15) is 4.39 Å². The second kappa shape index (κ2) is 5.07. The Balaban J connectivity index is 2.08. The highest BCUT2D eigenvalue weighted by atomic mass is 79.9. The molecule has 0 bridgehead atoms. The molecule has 1 aromatic carbocycles. The fourth-order valence-corrected chi connectivity index (χ4v) is 1.75. The average Bonchev–Trinajstić information content (AvgIpc) is 2.32. The van der Waals surface area contributed by atoms with Gasteiger partial charge in [0.05, 0.1) is 5.69 Å². The highest BCUT2D eigenvalue weighted by Gasteiger charge is 2.02. The second-order valence-electron chi connectivity index (χ2n) is 3.33. The van der Waals surface area contributed by atoms with Crippen LogP contribution < -0.4 is 5.32 Å².